The second-order valence-electron chi connectivity index (χ2n) is 7.70. The lowest BCUT2D eigenvalue weighted by Gasteiger charge is -2.29. The molecule has 1 N–H and O–H groups in total. The van der Waals surface area contributed by atoms with Gasteiger partial charge in [0.1, 0.15) is 0 Å². The predicted octanol–water partition coefficient (Wildman–Crippen LogP) is 3.77. The van der Waals surface area contributed by atoms with Crippen LogP contribution in [0.25, 0.3) is 0 Å². The molecule has 0 radical (unpaired) electrons. The Balaban J connectivity index is 0.00000341. The molecule has 0 atom stereocenters. The van der Waals surface area contributed by atoms with Crippen LogP contribution in [-0.2, 0) is 28.7 Å². The zero-order chi connectivity index (χ0) is 21.4. The Morgan fingerprint density at radius 3 is 2.32 bits per heavy atom. The number of ether oxygens (including phenoxy) is 2. The summed E-state index contributed by atoms with van der Waals surface area (Å²) in [6.07, 6.45) is 3.92. The zero-order valence-corrected chi connectivity index (χ0v) is 19.9. The maximum Gasteiger partial charge on any atom is 0.215 e. The fourth-order valence-corrected chi connectivity index (χ4v) is 5.03. The standard InChI is InChI=1S/C23H32N2O4S.ClH/c1-28-22-15-20-11-14-25(17-21(20)16-23(22)29-2)13-8-4-7-12-24-30(26,27)18-19-9-5-3-6-10-19;/h3,5-6,9-10,15-16,24H,4,7-8,11-14,17-18H2,1-2H3;1H. The zero-order valence-electron chi connectivity index (χ0n) is 18.3. The van der Waals surface area contributed by atoms with Gasteiger partial charge < -0.3 is 9.47 Å². The molecule has 172 valence electrons. The lowest BCUT2D eigenvalue weighted by Crippen LogP contribution is -2.31. The number of sulfonamides is 1. The van der Waals surface area contributed by atoms with Crippen molar-refractivity contribution in [2.24, 2.45) is 0 Å². The lowest BCUT2D eigenvalue weighted by molar-refractivity contribution is 0.247. The van der Waals surface area contributed by atoms with Crippen molar-refractivity contribution in [1.29, 1.82) is 0 Å². The Morgan fingerprint density at radius 1 is 0.968 bits per heavy atom. The molecule has 2 aromatic rings. The van der Waals surface area contributed by atoms with Gasteiger partial charge in [-0.05, 0) is 54.6 Å². The molecule has 6 nitrogen and oxygen atoms in total. The van der Waals surface area contributed by atoms with Crippen molar-refractivity contribution >= 4 is 22.4 Å². The van der Waals surface area contributed by atoms with Crippen LogP contribution in [0.3, 0.4) is 0 Å². The molecular weight excluding hydrogens is 436 g/mol. The monoisotopic (exact) mass is 468 g/mol. The van der Waals surface area contributed by atoms with E-state index in [4.69, 9.17) is 9.47 Å². The maximum absolute atomic E-state index is 12.2. The van der Waals surface area contributed by atoms with E-state index >= 15 is 0 Å². The first kappa shape index (κ1) is 25.5. The van der Waals surface area contributed by atoms with E-state index in [-0.39, 0.29) is 18.2 Å². The van der Waals surface area contributed by atoms with E-state index in [2.05, 4.69) is 21.8 Å². The SMILES string of the molecule is COc1cc2c(cc1OC)CN(CCCCCNS(=O)(=O)Cc1ccccc1)CC2.Cl. The molecule has 0 bridgehead atoms. The van der Waals surface area contributed by atoms with Crippen LogP contribution < -0.4 is 14.2 Å². The number of benzene rings is 2. The largest absolute Gasteiger partial charge is 0.493 e. The molecule has 0 unspecified atom stereocenters. The van der Waals surface area contributed by atoms with Crippen LogP contribution in [0.4, 0.5) is 0 Å². The van der Waals surface area contributed by atoms with Crippen molar-refractivity contribution in [3.63, 3.8) is 0 Å². The summed E-state index contributed by atoms with van der Waals surface area (Å²) in [6, 6.07) is 13.4. The van der Waals surface area contributed by atoms with Crippen molar-refractivity contribution < 1.29 is 17.9 Å². The normalized spacial score (nSPS) is 13.9. The molecule has 1 heterocycles. The van der Waals surface area contributed by atoms with Crippen molar-refractivity contribution in [2.45, 2.75) is 38.0 Å². The molecule has 0 saturated heterocycles. The number of nitrogens with zero attached hydrogens (tertiary/aromatic N) is 1. The van der Waals surface area contributed by atoms with Crippen LogP contribution in [-0.4, -0.2) is 47.2 Å². The Morgan fingerprint density at radius 2 is 1.65 bits per heavy atom. The summed E-state index contributed by atoms with van der Waals surface area (Å²) in [6.45, 7) is 3.46. The molecule has 31 heavy (non-hydrogen) atoms. The summed E-state index contributed by atoms with van der Waals surface area (Å²) in [7, 11) is 0.0627. The lowest BCUT2D eigenvalue weighted by atomic mass is 9.98. The second-order valence-corrected chi connectivity index (χ2v) is 9.51. The molecule has 2 aromatic carbocycles. The van der Waals surface area contributed by atoms with E-state index in [0.717, 1.165) is 62.4 Å². The van der Waals surface area contributed by atoms with Gasteiger partial charge in [-0.2, -0.15) is 0 Å². The third-order valence-corrected chi connectivity index (χ3v) is 6.83. The number of unbranched alkanes of at least 4 members (excludes halogenated alkanes) is 2. The Kier molecular flexibility index (Phi) is 10.1. The molecule has 1 aliphatic rings. The summed E-state index contributed by atoms with van der Waals surface area (Å²) < 4.78 is 37.9. The average Bonchev–Trinajstić information content (AvgIpc) is 2.75. The number of fused-ring (bicyclic) bond motifs is 1. The van der Waals surface area contributed by atoms with Gasteiger partial charge in [0.2, 0.25) is 10.0 Å². The smallest absolute Gasteiger partial charge is 0.215 e. The number of halogens is 1. The minimum Gasteiger partial charge on any atom is -0.493 e. The summed E-state index contributed by atoms with van der Waals surface area (Å²) in [4.78, 5) is 2.45. The number of methoxy groups -OCH3 is 2. The van der Waals surface area contributed by atoms with Crippen molar-refractivity contribution in [3.05, 3.63) is 59.2 Å². The van der Waals surface area contributed by atoms with Gasteiger partial charge in [-0.25, -0.2) is 13.1 Å². The van der Waals surface area contributed by atoms with Crippen LogP contribution in [0, 0.1) is 0 Å². The minimum atomic E-state index is -3.27. The van der Waals surface area contributed by atoms with Crippen molar-refractivity contribution in [2.75, 3.05) is 33.9 Å². The van der Waals surface area contributed by atoms with Gasteiger partial charge >= 0.3 is 0 Å². The van der Waals surface area contributed by atoms with Gasteiger partial charge in [0.25, 0.3) is 0 Å². The topological polar surface area (TPSA) is 67.9 Å². The van der Waals surface area contributed by atoms with E-state index < -0.39 is 10.0 Å². The Hall–Kier alpha value is -1.80. The average molecular weight is 469 g/mol. The van der Waals surface area contributed by atoms with Gasteiger partial charge in [0.15, 0.2) is 11.5 Å². The van der Waals surface area contributed by atoms with Crippen LogP contribution >= 0.6 is 12.4 Å². The molecule has 0 aliphatic carbocycles. The molecule has 0 fully saturated rings. The Bertz CT molecular complexity index is 923. The quantitative estimate of drug-likeness (QED) is 0.508. The third kappa shape index (κ3) is 7.68. The van der Waals surface area contributed by atoms with E-state index in [1.807, 2.05) is 30.3 Å². The number of hydrogen-bond donors (Lipinski definition) is 1. The first-order valence-corrected chi connectivity index (χ1v) is 12.1. The molecule has 3 rings (SSSR count). The summed E-state index contributed by atoms with van der Waals surface area (Å²) in [5, 5.41) is 0. The fourth-order valence-electron chi connectivity index (χ4n) is 3.84. The van der Waals surface area contributed by atoms with Crippen LogP contribution in [0.5, 0.6) is 11.5 Å². The first-order chi connectivity index (χ1) is 14.5. The van der Waals surface area contributed by atoms with Gasteiger partial charge in [0, 0.05) is 19.6 Å². The molecule has 0 spiro atoms. The molecule has 0 aromatic heterocycles. The number of hydrogen-bond acceptors (Lipinski definition) is 5. The fraction of sp³-hybridized carbons (Fsp3) is 0.478. The molecule has 8 heteroatoms. The summed E-state index contributed by atoms with van der Waals surface area (Å²) >= 11 is 0. The second kappa shape index (κ2) is 12.3. The van der Waals surface area contributed by atoms with E-state index in [9.17, 15) is 8.42 Å². The summed E-state index contributed by atoms with van der Waals surface area (Å²) in [5.74, 6) is 1.61. The molecule has 0 saturated carbocycles. The van der Waals surface area contributed by atoms with Gasteiger partial charge in [0.05, 0.1) is 20.0 Å². The minimum absolute atomic E-state index is 0. The van der Waals surface area contributed by atoms with Gasteiger partial charge in [-0.15, -0.1) is 12.4 Å². The third-order valence-electron chi connectivity index (χ3n) is 5.47. The maximum atomic E-state index is 12.2. The number of rotatable bonds is 11. The molecular formula is C23H33ClN2O4S. The van der Waals surface area contributed by atoms with Crippen molar-refractivity contribution in [1.82, 2.24) is 9.62 Å². The summed E-state index contributed by atoms with van der Waals surface area (Å²) in [5.41, 5.74) is 3.44. The van der Waals surface area contributed by atoms with Gasteiger partial charge in [-0.1, -0.05) is 36.8 Å². The van der Waals surface area contributed by atoms with E-state index in [1.54, 1.807) is 14.2 Å². The molecule has 0 amide bonds. The highest BCUT2D eigenvalue weighted by atomic mass is 35.5. The Labute approximate surface area is 192 Å². The van der Waals surface area contributed by atoms with E-state index in [1.165, 1.54) is 11.1 Å². The van der Waals surface area contributed by atoms with Crippen LogP contribution in [0.1, 0.15) is 36.0 Å². The van der Waals surface area contributed by atoms with E-state index in [0.29, 0.717) is 6.54 Å². The predicted molar refractivity (Wildman–Crippen MR) is 127 cm³/mol. The highest BCUT2D eigenvalue weighted by Crippen LogP contribution is 2.33. The van der Waals surface area contributed by atoms with Crippen LogP contribution in [0.15, 0.2) is 42.5 Å². The highest BCUT2D eigenvalue weighted by molar-refractivity contribution is 7.88. The van der Waals surface area contributed by atoms with Crippen molar-refractivity contribution in [3.8, 4) is 11.5 Å². The molecule has 1 aliphatic heterocycles. The number of nitrogens with one attached hydrogen (secondary N) is 1. The van der Waals surface area contributed by atoms with Gasteiger partial charge in [-0.3, -0.25) is 4.90 Å². The van der Waals surface area contributed by atoms with Crippen LogP contribution in [0.2, 0.25) is 0 Å². The highest BCUT2D eigenvalue weighted by Gasteiger charge is 2.19. The first-order valence-electron chi connectivity index (χ1n) is 10.5.